The molecule has 3 rings (SSSR count). The Morgan fingerprint density at radius 3 is 2.50 bits per heavy atom. The molecule has 1 aromatic carbocycles. The predicted molar refractivity (Wildman–Crippen MR) is 102 cm³/mol. The molecule has 5 heteroatoms. The van der Waals surface area contributed by atoms with Crippen LogP contribution in [0.5, 0.6) is 0 Å². The van der Waals surface area contributed by atoms with Gasteiger partial charge < -0.3 is 4.74 Å². The predicted octanol–water partition coefficient (Wildman–Crippen LogP) is 4.39. The Labute approximate surface area is 154 Å². The first kappa shape index (κ1) is 18.1. The van der Waals surface area contributed by atoms with Crippen LogP contribution in [-0.2, 0) is 11.2 Å². The topological polar surface area (TPSA) is 56.5 Å². The number of benzene rings is 1. The third kappa shape index (κ3) is 3.21. The second-order valence-electron chi connectivity index (χ2n) is 6.90. The molecule has 2 aromatic heterocycles. The van der Waals surface area contributed by atoms with E-state index in [0.717, 1.165) is 34.6 Å². The summed E-state index contributed by atoms with van der Waals surface area (Å²) in [7, 11) is 0. The Hall–Kier alpha value is -2.69. The lowest BCUT2D eigenvalue weighted by Gasteiger charge is -2.10. The summed E-state index contributed by atoms with van der Waals surface area (Å²) in [5.41, 5.74) is 5.85. The number of carbonyl (C=O) groups is 1. The quantitative estimate of drug-likeness (QED) is 0.640. The number of esters is 1. The summed E-state index contributed by atoms with van der Waals surface area (Å²) in [6.07, 6.45) is 0.848. The number of aromatic nitrogens is 3. The number of nitrogens with zero attached hydrogens (tertiary/aromatic N) is 3. The SMILES string of the molecule is CCOC(=O)c1c(C)nc2c(-c3ccccc3)c(CC(C)C)nn2c1C. The first-order valence-corrected chi connectivity index (χ1v) is 9.05. The Morgan fingerprint density at radius 1 is 1.19 bits per heavy atom. The molecular formula is C21H25N3O2. The van der Waals surface area contributed by atoms with Crippen molar-refractivity contribution in [3.63, 3.8) is 0 Å². The lowest BCUT2D eigenvalue weighted by Crippen LogP contribution is -2.14. The van der Waals surface area contributed by atoms with E-state index in [9.17, 15) is 4.79 Å². The smallest absolute Gasteiger partial charge is 0.341 e. The molecule has 0 N–H and O–H groups in total. The van der Waals surface area contributed by atoms with E-state index in [-0.39, 0.29) is 5.97 Å². The van der Waals surface area contributed by atoms with Gasteiger partial charge in [0.15, 0.2) is 5.65 Å². The van der Waals surface area contributed by atoms with Gasteiger partial charge in [-0.05, 0) is 38.7 Å². The number of ether oxygens (including phenoxy) is 1. The van der Waals surface area contributed by atoms with Gasteiger partial charge in [0.25, 0.3) is 0 Å². The van der Waals surface area contributed by atoms with Crippen molar-refractivity contribution in [2.24, 2.45) is 5.92 Å². The summed E-state index contributed by atoms with van der Waals surface area (Å²) < 4.78 is 7.00. The second-order valence-corrected chi connectivity index (χ2v) is 6.90. The van der Waals surface area contributed by atoms with Gasteiger partial charge in [-0.2, -0.15) is 5.10 Å². The molecule has 0 atom stereocenters. The zero-order chi connectivity index (χ0) is 18.8. The number of aryl methyl sites for hydroxylation is 2. The van der Waals surface area contributed by atoms with Crippen molar-refractivity contribution in [1.82, 2.24) is 14.6 Å². The molecule has 0 radical (unpaired) electrons. The second kappa shape index (κ2) is 7.28. The molecule has 0 unspecified atom stereocenters. The van der Waals surface area contributed by atoms with Crippen molar-refractivity contribution in [3.8, 4) is 11.1 Å². The van der Waals surface area contributed by atoms with Crippen LogP contribution in [-0.4, -0.2) is 27.2 Å². The van der Waals surface area contributed by atoms with E-state index in [1.54, 1.807) is 11.4 Å². The fraction of sp³-hybridized carbons (Fsp3) is 0.381. The fourth-order valence-electron chi connectivity index (χ4n) is 3.30. The van der Waals surface area contributed by atoms with E-state index < -0.39 is 0 Å². The summed E-state index contributed by atoms with van der Waals surface area (Å²) in [5, 5.41) is 4.82. The average molecular weight is 351 g/mol. The van der Waals surface area contributed by atoms with Gasteiger partial charge in [0.2, 0.25) is 0 Å². The van der Waals surface area contributed by atoms with Gasteiger partial charge in [-0.15, -0.1) is 0 Å². The number of fused-ring (bicyclic) bond motifs is 1. The summed E-state index contributed by atoms with van der Waals surface area (Å²) >= 11 is 0. The number of hydrogen-bond acceptors (Lipinski definition) is 4. The molecule has 0 aliphatic heterocycles. The van der Waals surface area contributed by atoms with Gasteiger partial charge in [-0.1, -0.05) is 44.2 Å². The fourth-order valence-corrected chi connectivity index (χ4v) is 3.30. The molecule has 0 bridgehead atoms. The standard InChI is InChI=1S/C21H25N3O2/c1-6-26-21(25)18-14(4)22-20-19(16-10-8-7-9-11-16)17(12-13(2)3)23-24(20)15(18)5/h7-11,13H,6,12H2,1-5H3. The summed E-state index contributed by atoms with van der Waals surface area (Å²) in [6, 6.07) is 10.2. The molecule has 5 nitrogen and oxygen atoms in total. The van der Waals surface area contributed by atoms with Crippen molar-refractivity contribution < 1.29 is 9.53 Å². The maximum Gasteiger partial charge on any atom is 0.341 e. The highest BCUT2D eigenvalue weighted by atomic mass is 16.5. The highest BCUT2D eigenvalue weighted by Gasteiger charge is 2.23. The van der Waals surface area contributed by atoms with Crippen molar-refractivity contribution in [2.45, 2.75) is 41.0 Å². The van der Waals surface area contributed by atoms with Crippen LogP contribution >= 0.6 is 0 Å². The van der Waals surface area contributed by atoms with Crippen LogP contribution in [0.2, 0.25) is 0 Å². The van der Waals surface area contributed by atoms with Crippen molar-refractivity contribution in [2.75, 3.05) is 6.61 Å². The molecule has 2 heterocycles. The van der Waals surface area contributed by atoms with E-state index in [1.807, 2.05) is 32.0 Å². The zero-order valence-electron chi connectivity index (χ0n) is 16.0. The Balaban J connectivity index is 2.30. The molecular weight excluding hydrogens is 326 g/mol. The van der Waals surface area contributed by atoms with Gasteiger partial charge >= 0.3 is 5.97 Å². The Morgan fingerprint density at radius 2 is 1.88 bits per heavy atom. The van der Waals surface area contributed by atoms with Crippen LogP contribution in [0, 0.1) is 19.8 Å². The van der Waals surface area contributed by atoms with E-state index in [0.29, 0.717) is 23.8 Å². The number of rotatable bonds is 5. The third-order valence-corrected chi connectivity index (χ3v) is 4.39. The maximum atomic E-state index is 12.4. The first-order chi connectivity index (χ1) is 12.4. The first-order valence-electron chi connectivity index (χ1n) is 9.05. The van der Waals surface area contributed by atoms with Crippen LogP contribution in [0.3, 0.4) is 0 Å². The highest BCUT2D eigenvalue weighted by Crippen LogP contribution is 2.31. The van der Waals surface area contributed by atoms with Crippen molar-refractivity contribution in [3.05, 3.63) is 53.0 Å². The van der Waals surface area contributed by atoms with Gasteiger partial charge in [0.1, 0.15) is 5.56 Å². The molecule has 0 aliphatic carbocycles. The third-order valence-electron chi connectivity index (χ3n) is 4.39. The summed E-state index contributed by atoms with van der Waals surface area (Å²) in [5.74, 6) is 0.118. The normalized spacial score (nSPS) is 11.3. The molecule has 136 valence electrons. The minimum atomic E-state index is -0.348. The molecule has 0 amide bonds. The average Bonchev–Trinajstić information content (AvgIpc) is 2.93. The van der Waals surface area contributed by atoms with Gasteiger partial charge in [0, 0.05) is 5.56 Å². The summed E-state index contributed by atoms with van der Waals surface area (Å²) in [6.45, 7) is 10.2. The van der Waals surface area contributed by atoms with Gasteiger partial charge in [-0.3, -0.25) is 0 Å². The van der Waals surface area contributed by atoms with Crippen LogP contribution in [0.15, 0.2) is 30.3 Å². The molecule has 3 aromatic rings. The van der Waals surface area contributed by atoms with E-state index >= 15 is 0 Å². The Bertz CT molecular complexity index is 943. The highest BCUT2D eigenvalue weighted by molar-refractivity contribution is 5.93. The summed E-state index contributed by atoms with van der Waals surface area (Å²) in [4.78, 5) is 17.1. The van der Waals surface area contributed by atoms with Crippen molar-refractivity contribution in [1.29, 1.82) is 0 Å². The van der Waals surface area contributed by atoms with E-state index in [2.05, 4.69) is 26.0 Å². The van der Waals surface area contributed by atoms with Crippen LogP contribution in [0.25, 0.3) is 16.8 Å². The van der Waals surface area contributed by atoms with E-state index in [4.69, 9.17) is 14.8 Å². The zero-order valence-corrected chi connectivity index (χ0v) is 16.0. The molecule has 0 aliphatic rings. The monoisotopic (exact) mass is 351 g/mol. The number of carbonyl (C=O) groups excluding carboxylic acids is 1. The number of hydrogen-bond donors (Lipinski definition) is 0. The lowest BCUT2D eigenvalue weighted by molar-refractivity contribution is 0.0523. The molecule has 0 spiro atoms. The minimum Gasteiger partial charge on any atom is -0.462 e. The van der Waals surface area contributed by atoms with Gasteiger partial charge in [0.05, 0.1) is 23.7 Å². The molecule has 0 saturated carbocycles. The van der Waals surface area contributed by atoms with Crippen LogP contribution in [0.4, 0.5) is 0 Å². The maximum absolute atomic E-state index is 12.4. The van der Waals surface area contributed by atoms with Gasteiger partial charge in [-0.25, -0.2) is 14.3 Å². The van der Waals surface area contributed by atoms with Crippen LogP contribution in [0.1, 0.15) is 48.2 Å². The largest absolute Gasteiger partial charge is 0.462 e. The molecule has 26 heavy (non-hydrogen) atoms. The van der Waals surface area contributed by atoms with Crippen LogP contribution < -0.4 is 0 Å². The molecule has 0 saturated heterocycles. The minimum absolute atomic E-state index is 0.336. The molecule has 0 fully saturated rings. The van der Waals surface area contributed by atoms with E-state index in [1.165, 1.54) is 0 Å². The van der Waals surface area contributed by atoms with Crippen molar-refractivity contribution >= 4 is 11.6 Å². The lowest BCUT2D eigenvalue weighted by atomic mass is 10.00. The Kier molecular flexibility index (Phi) is 5.07.